The molecule has 1 spiro atoms. The summed E-state index contributed by atoms with van der Waals surface area (Å²) in [6, 6.07) is 0.611. The van der Waals surface area contributed by atoms with Crippen LogP contribution in [0.3, 0.4) is 0 Å². The molecule has 0 aromatic carbocycles. The van der Waals surface area contributed by atoms with Crippen LogP contribution in [0, 0.1) is 0 Å². The normalized spacial score (nSPS) is 31.7. The lowest BCUT2D eigenvalue weighted by atomic mass is 9.91. The predicted octanol–water partition coefficient (Wildman–Crippen LogP) is 2.35. The fourth-order valence-corrected chi connectivity index (χ4v) is 3.11. The molecule has 1 aliphatic heterocycles. The molecule has 1 saturated carbocycles. The number of piperazine rings is 1. The zero-order valence-corrected chi connectivity index (χ0v) is 10.3. The lowest BCUT2D eigenvalue weighted by molar-refractivity contribution is 0.0582. The van der Waals surface area contributed by atoms with Gasteiger partial charge in [-0.25, -0.2) is 0 Å². The molecular formula is C12H21ClN2. The van der Waals surface area contributed by atoms with Crippen molar-refractivity contribution in [2.75, 3.05) is 19.6 Å². The summed E-state index contributed by atoms with van der Waals surface area (Å²) in [5, 5.41) is 3.62. The van der Waals surface area contributed by atoms with Gasteiger partial charge in [0.15, 0.2) is 0 Å². The standard InChI is InChI=1S/C12H21ClN2/c1-11-9-15(8-4-7-13)12(10-14-11)5-2-3-6-12/h4,7,11,14H,2-3,5-6,8-10H2,1H3/b7-4+. The Kier molecular flexibility index (Phi) is 3.70. The summed E-state index contributed by atoms with van der Waals surface area (Å²) in [6.07, 6.45) is 7.54. The maximum absolute atomic E-state index is 5.63. The predicted molar refractivity (Wildman–Crippen MR) is 65.2 cm³/mol. The second-order valence-corrected chi connectivity index (χ2v) is 5.23. The van der Waals surface area contributed by atoms with E-state index in [0.717, 1.165) is 19.6 Å². The Bertz CT molecular complexity index is 234. The first-order valence-corrected chi connectivity index (χ1v) is 6.44. The minimum absolute atomic E-state index is 0.433. The van der Waals surface area contributed by atoms with Crippen molar-refractivity contribution in [1.29, 1.82) is 0 Å². The van der Waals surface area contributed by atoms with Crippen LogP contribution in [0.5, 0.6) is 0 Å². The van der Waals surface area contributed by atoms with Gasteiger partial charge in [0.2, 0.25) is 0 Å². The van der Waals surface area contributed by atoms with Crippen molar-refractivity contribution in [2.45, 2.75) is 44.2 Å². The third kappa shape index (κ3) is 2.38. The van der Waals surface area contributed by atoms with Gasteiger partial charge in [0.05, 0.1) is 0 Å². The van der Waals surface area contributed by atoms with E-state index in [1.165, 1.54) is 25.7 Å². The average Bonchev–Trinajstić information content (AvgIpc) is 2.70. The molecule has 2 fully saturated rings. The molecule has 0 radical (unpaired) electrons. The molecule has 1 unspecified atom stereocenters. The van der Waals surface area contributed by atoms with Crippen LogP contribution < -0.4 is 5.32 Å². The fourth-order valence-electron chi connectivity index (χ4n) is 3.03. The topological polar surface area (TPSA) is 15.3 Å². The molecule has 2 nitrogen and oxygen atoms in total. The molecule has 1 aliphatic carbocycles. The first-order chi connectivity index (χ1) is 7.27. The first-order valence-electron chi connectivity index (χ1n) is 6.00. The Morgan fingerprint density at radius 1 is 1.47 bits per heavy atom. The maximum Gasteiger partial charge on any atom is 0.0338 e. The van der Waals surface area contributed by atoms with Crippen molar-refractivity contribution in [3.05, 3.63) is 11.6 Å². The third-order valence-electron chi connectivity index (χ3n) is 3.89. The Labute approximate surface area is 97.7 Å². The number of nitrogens with one attached hydrogen (secondary N) is 1. The smallest absolute Gasteiger partial charge is 0.0338 e. The van der Waals surface area contributed by atoms with Crippen LogP contribution in [0.4, 0.5) is 0 Å². The monoisotopic (exact) mass is 228 g/mol. The Balaban J connectivity index is 2.05. The molecular weight excluding hydrogens is 208 g/mol. The van der Waals surface area contributed by atoms with E-state index in [4.69, 9.17) is 11.6 Å². The van der Waals surface area contributed by atoms with Gasteiger partial charge < -0.3 is 5.32 Å². The number of halogens is 1. The summed E-state index contributed by atoms with van der Waals surface area (Å²) in [5.74, 6) is 0. The van der Waals surface area contributed by atoms with Gasteiger partial charge in [-0.3, -0.25) is 4.90 Å². The number of nitrogens with zero attached hydrogens (tertiary/aromatic N) is 1. The Morgan fingerprint density at radius 3 is 2.87 bits per heavy atom. The van der Waals surface area contributed by atoms with Gasteiger partial charge in [-0.05, 0) is 19.8 Å². The van der Waals surface area contributed by atoms with Crippen molar-refractivity contribution in [2.24, 2.45) is 0 Å². The third-order valence-corrected chi connectivity index (χ3v) is 4.07. The average molecular weight is 229 g/mol. The molecule has 0 amide bonds. The zero-order chi connectivity index (χ0) is 10.7. The molecule has 0 bridgehead atoms. The van der Waals surface area contributed by atoms with Crippen molar-refractivity contribution in [1.82, 2.24) is 10.2 Å². The van der Waals surface area contributed by atoms with Crippen molar-refractivity contribution < 1.29 is 0 Å². The second kappa shape index (κ2) is 4.86. The maximum atomic E-state index is 5.63. The zero-order valence-electron chi connectivity index (χ0n) is 9.51. The highest BCUT2D eigenvalue weighted by molar-refractivity contribution is 6.25. The van der Waals surface area contributed by atoms with E-state index in [0.29, 0.717) is 11.6 Å². The molecule has 2 aliphatic rings. The van der Waals surface area contributed by atoms with Gasteiger partial charge in [0, 0.05) is 36.8 Å². The summed E-state index contributed by atoms with van der Waals surface area (Å²) in [5.41, 5.74) is 2.08. The van der Waals surface area contributed by atoms with Gasteiger partial charge in [-0.2, -0.15) is 0 Å². The van der Waals surface area contributed by atoms with Gasteiger partial charge in [-0.1, -0.05) is 30.5 Å². The van der Waals surface area contributed by atoms with Crippen LogP contribution in [0.1, 0.15) is 32.6 Å². The summed E-state index contributed by atoms with van der Waals surface area (Å²) in [6.45, 7) is 5.58. The minimum Gasteiger partial charge on any atom is -0.311 e. The number of rotatable bonds is 2. The molecule has 1 saturated heterocycles. The second-order valence-electron chi connectivity index (χ2n) is 4.98. The molecule has 0 aromatic rings. The molecule has 86 valence electrons. The minimum atomic E-state index is 0.433. The van der Waals surface area contributed by atoms with Crippen LogP contribution >= 0.6 is 11.6 Å². The van der Waals surface area contributed by atoms with Gasteiger partial charge in [0.1, 0.15) is 0 Å². The highest BCUT2D eigenvalue weighted by Gasteiger charge is 2.41. The van der Waals surface area contributed by atoms with E-state index >= 15 is 0 Å². The van der Waals surface area contributed by atoms with Crippen LogP contribution in [0.25, 0.3) is 0 Å². The highest BCUT2D eigenvalue weighted by Crippen LogP contribution is 2.36. The highest BCUT2D eigenvalue weighted by atomic mass is 35.5. The summed E-state index contributed by atoms with van der Waals surface area (Å²) < 4.78 is 0. The van der Waals surface area contributed by atoms with E-state index < -0.39 is 0 Å². The van der Waals surface area contributed by atoms with E-state index in [9.17, 15) is 0 Å². The summed E-state index contributed by atoms with van der Waals surface area (Å²) in [4.78, 5) is 2.63. The molecule has 0 aromatic heterocycles. The van der Waals surface area contributed by atoms with Crippen LogP contribution in [-0.2, 0) is 0 Å². The Morgan fingerprint density at radius 2 is 2.20 bits per heavy atom. The van der Waals surface area contributed by atoms with Gasteiger partial charge in [0.25, 0.3) is 0 Å². The summed E-state index contributed by atoms with van der Waals surface area (Å²) >= 11 is 5.63. The molecule has 2 rings (SSSR count). The van der Waals surface area contributed by atoms with Crippen molar-refractivity contribution in [3.63, 3.8) is 0 Å². The van der Waals surface area contributed by atoms with E-state index in [-0.39, 0.29) is 0 Å². The molecule has 1 N–H and O–H groups in total. The van der Waals surface area contributed by atoms with Crippen molar-refractivity contribution >= 4 is 11.6 Å². The number of hydrogen-bond acceptors (Lipinski definition) is 2. The van der Waals surface area contributed by atoms with E-state index in [1.807, 2.05) is 0 Å². The largest absolute Gasteiger partial charge is 0.311 e. The summed E-state index contributed by atoms with van der Waals surface area (Å²) in [7, 11) is 0. The van der Waals surface area contributed by atoms with Crippen LogP contribution in [0.2, 0.25) is 0 Å². The van der Waals surface area contributed by atoms with Crippen LogP contribution in [-0.4, -0.2) is 36.1 Å². The molecule has 3 heteroatoms. The lowest BCUT2D eigenvalue weighted by Gasteiger charge is -2.47. The SMILES string of the molecule is CC1CN(C/C=C/Cl)C2(CCCC2)CN1. The van der Waals surface area contributed by atoms with Gasteiger partial charge in [-0.15, -0.1) is 0 Å². The molecule has 1 atom stereocenters. The van der Waals surface area contributed by atoms with Gasteiger partial charge >= 0.3 is 0 Å². The van der Waals surface area contributed by atoms with E-state index in [1.54, 1.807) is 5.54 Å². The first kappa shape index (κ1) is 11.4. The molecule has 1 heterocycles. The number of hydrogen-bond donors (Lipinski definition) is 1. The fraction of sp³-hybridized carbons (Fsp3) is 0.833. The van der Waals surface area contributed by atoms with E-state index in [2.05, 4.69) is 23.2 Å². The quantitative estimate of drug-likeness (QED) is 0.781. The molecule has 15 heavy (non-hydrogen) atoms. The van der Waals surface area contributed by atoms with Crippen molar-refractivity contribution in [3.8, 4) is 0 Å². The van der Waals surface area contributed by atoms with Crippen LogP contribution in [0.15, 0.2) is 11.6 Å². The lowest BCUT2D eigenvalue weighted by Crippen LogP contribution is -2.62. The Hall–Kier alpha value is -0.0500.